The fourth-order valence-electron chi connectivity index (χ4n) is 8.33. The van der Waals surface area contributed by atoms with Crippen LogP contribution in [0.5, 0.6) is 5.88 Å². The van der Waals surface area contributed by atoms with Crippen LogP contribution in [-0.2, 0) is 40.4 Å². The zero-order valence-electron chi connectivity index (χ0n) is 35.9. The van der Waals surface area contributed by atoms with Crippen LogP contribution in [0.2, 0.25) is 0 Å². The van der Waals surface area contributed by atoms with Crippen molar-refractivity contribution in [2.45, 2.75) is 99.6 Å². The summed E-state index contributed by atoms with van der Waals surface area (Å²) in [5.41, 5.74) is -1.68. The number of benzene rings is 2. The number of aliphatic hydroxyl groups is 7. The van der Waals surface area contributed by atoms with Gasteiger partial charge in [0.05, 0.1) is 48.8 Å². The minimum atomic E-state index is -1.78. The average molecular weight is 917 g/mol. The Labute approximate surface area is 369 Å². The van der Waals surface area contributed by atoms with E-state index in [-0.39, 0.29) is 64.9 Å². The largest absolute Gasteiger partial charge is 0.494 e. The van der Waals surface area contributed by atoms with Gasteiger partial charge in [0.25, 0.3) is 16.7 Å². The van der Waals surface area contributed by atoms with Crippen molar-refractivity contribution in [1.29, 1.82) is 0 Å². The Morgan fingerprint density at radius 1 is 0.781 bits per heavy atom. The molecule has 1 aliphatic carbocycles. The summed E-state index contributed by atoms with van der Waals surface area (Å²) in [4.78, 5) is 50.9. The molecule has 350 valence electrons. The summed E-state index contributed by atoms with van der Waals surface area (Å²) in [7, 11) is 7.61. The first-order valence-electron chi connectivity index (χ1n) is 21.0. The molecule has 10 atom stereocenters. The number of aryl methyl sites for hydroxylation is 1. The Hall–Kier alpha value is -4.21. The third kappa shape index (κ3) is 9.40. The number of aromatic nitrogens is 5. The van der Waals surface area contributed by atoms with Crippen LogP contribution in [0.4, 0.5) is 0 Å². The van der Waals surface area contributed by atoms with Crippen molar-refractivity contribution < 1.29 is 55.1 Å². The maximum Gasteiger partial charge on any atom is 0.263 e. The van der Waals surface area contributed by atoms with Crippen LogP contribution in [0, 0.1) is 0 Å². The predicted octanol–water partition coefficient (Wildman–Crippen LogP) is -3.68. The standard InChI is InChI=1S/C41H56N8O14S/c1-45(2)9-5-11-48-36(57)21-7-8-22-28-27(21)23(38(48)59)15-24(29(28)39(60)49(37(22)58)12-6-10-46(3)4)42-16-20-17-47(44-43-20)13-14-64-41-34(56)32(54)35(26(19-51)62-41)63-40-33(55)31(53)30(52)25(18-50)61-40/h7-8,15,17,25-26,30-35,40-41,50-56,58H,5-6,9-14,16,18-19H2,1-4H3/t25-,26-,30-,31+,32-,33-,34-,35-,40-,41+/m1/s1. The molecule has 5 heterocycles. The van der Waals surface area contributed by atoms with Crippen molar-refractivity contribution in [2.75, 3.05) is 60.2 Å². The highest BCUT2D eigenvalue weighted by molar-refractivity contribution is 7.99. The van der Waals surface area contributed by atoms with Crippen LogP contribution in [-0.4, -0.2) is 196 Å². The number of rotatable bonds is 18. The second kappa shape index (κ2) is 20.1. The summed E-state index contributed by atoms with van der Waals surface area (Å²) in [5, 5.41) is 93.3. The van der Waals surface area contributed by atoms with E-state index in [2.05, 4.69) is 10.3 Å². The molecule has 0 unspecified atom stereocenters. The van der Waals surface area contributed by atoms with Gasteiger partial charge in [0.1, 0.15) is 60.0 Å². The average Bonchev–Trinajstić information content (AvgIpc) is 3.73. The molecule has 3 aromatic rings. The molecular formula is C41H56N8O14S. The molecule has 2 fully saturated rings. The number of hydrogen-bond donors (Lipinski definition) is 8. The van der Waals surface area contributed by atoms with E-state index in [0.29, 0.717) is 42.6 Å². The van der Waals surface area contributed by atoms with Gasteiger partial charge in [-0.3, -0.25) is 33.2 Å². The molecule has 64 heavy (non-hydrogen) atoms. The molecule has 3 aliphatic heterocycles. The number of pyridine rings is 2. The lowest BCUT2D eigenvalue weighted by Gasteiger charge is -2.46. The highest BCUT2D eigenvalue weighted by Gasteiger charge is 2.50. The van der Waals surface area contributed by atoms with Crippen molar-refractivity contribution in [3.05, 3.63) is 66.5 Å². The molecule has 0 amide bonds. The van der Waals surface area contributed by atoms with Gasteiger partial charge in [-0.25, -0.2) is 0 Å². The molecule has 2 saturated heterocycles. The van der Waals surface area contributed by atoms with Crippen LogP contribution in [0.3, 0.4) is 0 Å². The van der Waals surface area contributed by atoms with Gasteiger partial charge in [-0.2, -0.15) is 0 Å². The van der Waals surface area contributed by atoms with Gasteiger partial charge in [-0.05, 0) is 72.3 Å². The molecule has 0 bridgehead atoms. The van der Waals surface area contributed by atoms with Crippen molar-refractivity contribution in [2.24, 2.45) is 4.99 Å². The van der Waals surface area contributed by atoms with E-state index in [1.54, 1.807) is 18.3 Å². The molecule has 2 aromatic heterocycles. The van der Waals surface area contributed by atoms with Crippen LogP contribution in [0.25, 0.3) is 32.7 Å². The van der Waals surface area contributed by atoms with Crippen LogP contribution in [0.15, 0.2) is 43.8 Å². The fourth-order valence-corrected chi connectivity index (χ4v) is 9.43. The van der Waals surface area contributed by atoms with Gasteiger partial charge in [0.15, 0.2) is 6.29 Å². The molecule has 22 nitrogen and oxygen atoms in total. The van der Waals surface area contributed by atoms with Crippen molar-refractivity contribution in [3.8, 4) is 17.0 Å². The van der Waals surface area contributed by atoms with Crippen molar-refractivity contribution >= 4 is 33.3 Å². The zero-order chi connectivity index (χ0) is 46.1. The lowest BCUT2D eigenvalue weighted by Crippen LogP contribution is -2.64. The highest BCUT2D eigenvalue weighted by atomic mass is 32.2. The predicted molar refractivity (Wildman–Crippen MR) is 231 cm³/mol. The Balaban J connectivity index is 1.11. The first-order valence-corrected chi connectivity index (χ1v) is 22.0. The minimum Gasteiger partial charge on any atom is -0.494 e. The van der Waals surface area contributed by atoms with Crippen LogP contribution in [0.1, 0.15) is 18.5 Å². The topological polar surface area (TPSA) is 300 Å². The maximum atomic E-state index is 14.3. The number of aliphatic hydroxyl groups excluding tert-OH is 7. The van der Waals surface area contributed by atoms with Crippen LogP contribution >= 0.6 is 11.8 Å². The summed E-state index contributed by atoms with van der Waals surface area (Å²) in [6.07, 6.45) is -11.2. The molecule has 0 radical (unpaired) electrons. The maximum absolute atomic E-state index is 14.3. The number of ether oxygens (including phenoxy) is 3. The molecule has 0 spiro atoms. The van der Waals surface area contributed by atoms with Crippen molar-refractivity contribution in [1.82, 2.24) is 33.9 Å². The first-order chi connectivity index (χ1) is 30.6. The second-order valence-electron chi connectivity index (χ2n) is 16.7. The van der Waals surface area contributed by atoms with E-state index < -0.39 is 90.4 Å². The molecule has 1 aromatic carbocycles. The van der Waals surface area contributed by atoms with E-state index in [1.807, 2.05) is 38.0 Å². The fraction of sp³-hybridized carbons (Fsp3) is 0.610. The van der Waals surface area contributed by atoms with Gasteiger partial charge in [0, 0.05) is 40.6 Å². The smallest absolute Gasteiger partial charge is 0.263 e. The molecule has 4 aliphatic rings. The summed E-state index contributed by atoms with van der Waals surface area (Å²) < 4.78 is 20.9. The Morgan fingerprint density at radius 3 is 2.12 bits per heavy atom. The number of hydrogen-bond acceptors (Lipinski definition) is 20. The number of thioether (sulfide) groups is 1. The zero-order valence-corrected chi connectivity index (χ0v) is 36.7. The van der Waals surface area contributed by atoms with E-state index in [0.717, 1.165) is 11.8 Å². The third-order valence-electron chi connectivity index (χ3n) is 11.7. The van der Waals surface area contributed by atoms with E-state index in [4.69, 9.17) is 19.2 Å². The third-order valence-corrected chi connectivity index (χ3v) is 12.8. The molecular weight excluding hydrogens is 861 g/mol. The van der Waals surface area contributed by atoms with Gasteiger partial charge in [-0.15, -0.1) is 16.9 Å². The number of nitrogens with zero attached hydrogens (tertiary/aromatic N) is 8. The Kier molecular flexibility index (Phi) is 15.0. The van der Waals surface area contributed by atoms with Gasteiger partial charge in [0.2, 0.25) is 5.88 Å². The van der Waals surface area contributed by atoms with Crippen LogP contribution < -0.4 is 22.0 Å². The second-order valence-corrected chi connectivity index (χ2v) is 18.0. The Morgan fingerprint density at radius 2 is 1.45 bits per heavy atom. The molecule has 0 saturated carbocycles. The monoisotopic (exact) mass is 916 g/mol. The highest BCUT2D eigenvalue weighted by Crippen LogP contribution is 2.37. The Bertz CT molecular complexity index is 2590. The SMILES string of the molecule is CN(C)CCCn1c(O)c2ccc3c4c2c(c(=NCc2cn(CCS[C@@H]5O[C@H](CO)[C@@H](O[C@H]6O[C@H](CO)[C@@H](O)[C@H](O)[C@H]6O)[C@H](O)[C@H]5O)nn2)cc-4c(=O)n(CCCN(C)C)c3=O)c1=O. The van der Waals surface area contributed by atoms with E-state index >= 15 is 0 Å². The normalized spacial score (nSPS) is 27.0. The lowest BCUT2D eigenvalue weighted by molar-refractivity contribution is -0.338. The van der Waals surface area contributed by atoms with Gasteiger partial charge >= 0.3 is 0 Å². The van der Waals surface area contributed by atoms with E-state index in [1.165, 1.54) is 19.9 Å². The lowest BCUT2D eigenvalue weighted by atomic mass is 9.90. The molecule has 8 N–H and O–H groups in total. The number of aromatic hydroxyl groups is 1. The summed E-state index contributed by atoms with van der Waals surface area (Å²) in [6, 6.07) is 4.72. The van der Waals surface area contributed by atoms with E-state index in [9.17, 15) is 55.2 Å². The quantitative estimate of drug-likeness (QED) is 0.0393. The van der Waals surface area contributed by atoms with Crippen molar-refractivity contribution in [3.63, 3.8) is 0 Å². The molecule has 7 rings (SSSR count). The summed E-state index contributed by atoms with van der Waals surface area (Å²) >= 11 is 1.11. The minimum absolute atomic E-state index is 0.0615. The molecule has 23 heteroatoms. The first kappa shape index (κ1) is 47.7. The summed E-state index contributed by atoms with van der Waals surface area (Å²) in [6.45, 7) is 0.494. The summed E-state index contributed by atoms with van der Waals surface area (Å²) in [5.74, 6) is 0.00625. The van der Waals surface area contributed by atoms with Gasteiger partial charge < -0.3 is 64.9 Å². The van der Waals surface area contributed by atoms with Gasteiger partial charge in [-0.1, -0.05) is 5.21 Å².